The van der Waals surface area contributed by atoms with Gasteiger partial charge in [-0.2, -0.15) is 0 Å². The third-order valence-corrected chi connectivity index (χ3v) is 62.7. The smallest absolute Gasteiger partial charge is 0.0434 e. The molecule has 6 aliphatic rings. The van der Waals surface area contributed by atoms with Gasteiger partial charge in [-0.25, -0.2) is 0 Å². The summed E-state index contributed by atoms with van der Waals surface area (Å²) in [6, 6.07) is 5.38. The average Bonchev–Trinajstić information content (AvgIpc) is 3.04. The fourth-order valence-corrected chi connectivity index (χ4v) is 65.8. The van der Waals surface area contributed by atoms with Crippen LogP contribution in [-0.2, 0) is 17.3 Å². The van der Waals surface area contributed by atoms with Gasteiger partial charge in [0.15, 0.2) is 0 Å². The maximum Gasteiger partial charge on any atom is 0.0434 e. The van der Waals surface area contributed by atoms with Gasteiger partial charge in [0.05, 0.1) is 0 Å². The molecule has 1 aliphatic heterocycles. The summed E-state index contributed by atoms with van der Waals surface area (Å²) in [6.07, 6.45) is 11.6. The molecule has 1 aromatic rings. The van der Waals surface area contributed by atoms with Gasteiger partial charge in [0.2, 0.25) is 0 Å². The molecule has 1 spiro atoms. The Morgan fingerprint density at radius 1 is 0.848 bits per heavy atom. The molecule has 7 rings (SSSR count). The number of fused-ring (bicyclic) bond motifs is 1. The third-order valence-electron chi connectivity index (χ3n) is 13.2. The van der Waals surface area contributed by atoms with Crippen LogP contribution in [0, 0.1) is 17.8 Å². The van der Waals surface area contributed by atoms with Gasteiger partial charge >= 0.3 is 0 Å². The first-order chi connectivity index (χ1) is 15.1. The van der Waals surface area contributed by atoms with Crippen LogP contribution in [0.25, 0.3) is 6.08 Å². The Balaban J connectivity index is 1.68. The van der Waals surface area contributed by atoms with E-state index >= 15 is 0 Å². The quantitative estimate of drug-likeness (QED) is 0.344. The molecule has 0 aromatic heterocycles. The van der Waals surface area contributed by atoms with E-state index in [0.29, 0.717) is 5.41 Å². The second-order valence-corrected chi connectivity index (χ2v) is 44.1. The standard InChI is InChI=1S/C30H48Si3/c1-20-11-23-16-24(28(2,3)4)17-27(26(23)12-20)29-18-21-13-22(19-29)15-25(14-21)30(29)31(5,6)33(9,10)32(30,7)8/h11,16-17,21-22,25H,12-15,18-19H2,1-10H3. The fourth-order valence-electron chi connectivity index (χ4n) is 11.6. The van der Waals surface area contributed by atoms with Crippen LogP contribution in [0.1, 0.15) is 82.1 Å². The van der Waals surface area contributed by atoms with E-state index in [9.17, 15) is 0 Å². The Kier molecular flexibility index (Phi) is 4.39. The highest BCUT2D eigenvalue weighted by Crippen LogP contribution is 2.84. The number of hydrogen-bond acceptors (Lipinski definition) is 0. The van der Waals surface area contributed by atoms with Gasteiger partial charge in [0.25, 0.3) is 0 Å². The van der Waals surface area contributed by atoms with Crippen LogP contribution >= 0.6 is 0 Å². The summed E-state index contributed by atoms with van der Waals surface area (Å²) in [6.45, 7) is 27.1. The van der Waals surface area contributed by atoms with Crippen LogP contribution in [-0.4, -0.2) is 22.3 Å². The molecule has 2 unspecified atom stereocenters. The molecule has 33 heavy (non-hydrogen) atoms. The molecule has 4 saturated carbocycles. The maximum absolute atomic E-state index is 2.92. The monoisotopic (exact) mass is 492 g/mol. The van der Waals surface area contributed by atoms with E-state index in [1.54, 1.807) is 41.5 Å². The zero-order valence-corrected chi connectivity index (χ0v) is 26.2. The van der Waals surface area contributed by atoms with E-state index in [0.717, 1.165) is 22.4 Å². The fraction of sp³-hybridized carbons (Fsp3) is 0.733. The average molecular weight is 493 g/mol. The second kappa shape index (κ2) is 6.29. The van der Waals surface area contributed by atoms with Crippen LogP contribution in [0.2, 0.25) is 43.9 Å². The van der Waals surface area contributed by atoms with Crippen LogP contribution in [0.3, 0.4) is 0 Å². The van der Waals surface area contributed by atoms with Crippen LogP contribution < -0.4 is 0 Å². The number of benzene rings is 1. The predicted molar refractivity (Wildman–Crippen MR) is 153 cm³/mol. The molecule has 5 fully saturated rings. The number of rotatable bonds is 1. The minimum Gasteiger partial charge on any atom is -0.0731 e. The Morgan fingerprint density at radius 2 is 1.42 bits per heavy atom. The van der Waals surface area contributed by atoms with E-state index in [4.69, 9.17) is 0 Å². The number of hydrogen-bond donors (Lipinski definition) is 0. The van der Waals surface area contributed by atoms with Crippen molar-refractivity contribution >= 4 is 28.4 Å². The minimum absolute atomic E-state index is 0.219. The van der Waals surface area contributed by atoms with Gasteiger partial charge in [-0.1, -0.05) is 83.8 Å². The molecular formula is C30H48Si3. The molecule has 1 aromatic carbocycles. The molecule has 1 heterocycles. The Hall–Kier alpha value is -0.389. The van der Waals surface area contributed by atoms with Crippen molar-refractivity contribution < 1.29 is 0 Å². The molecule has 3 heteroatoms. The highest BCUT2D eigenvalue weighted by molar-refractivity contribution is 7.79. The molecule has 0 nitrogen and oxygen atoms in total. The van der Waals surface area contributed by atoms with Crippen LogP contribution in [0.4, 0.5) is 0 Å². The topological polar surface area (TPSA) is 0 Å². The summed E-state index contributed by atoms with van der Waals surface area (Å²) in [7, 11) is -3.85. The molecular weight excluding hydrogens is 445 g/mol. The highest BCUT2D eigenvalue weighted by Gasteiger charge is 2.87. The zero-order valence-electron chi connectivity index (χ0n) is 23.2. The van der Waals surface area contributed by atoms with Gasteiger partial charge in [-0.3, -0.25) is 0 Å². The molecule has 0 radical (unpaired) electrons. The zero-order chi connectivity index (χ0) is 24.0. The summed E-state index contributed by atoms with van der Waals surface area (Å²) >= 11 is 0. The molecule has 2 atom stereocenters. The molecule has 180 valence electrons. The summed E-state index contributed by atoms with van der Waals surface area (Å²) in [5.41, 5.74) is 9.16. The Bertz CT molecular complexity index is 1050. The summed E-state index contributed by atoms with van der Waals surface area (Å²) in [5.74, 6) is 3.08. The van der Waals surface area contributed by atoms with E-state index in [-0.39, 0.29) is 5.41 Å². The first kappa shape index (κ1) is 23.0. The van der Waals surface area contributed by atoms with Crippen molar-refractivity contribution in [1.82, 2.24) is 0 Å². The summed E-state index contributed by atoms with van der Waals surface area (Å²) in [5, 5.41) is 0. The van der Waals surface area contributed by atoms with E-state index in [1.807, 2.05) is 5.56 Å². The van der Waals surface area contributed by atoms with Crippen molar-refractivity contribution in [1.29, 1.82) is 0 Å². The van der Waals surface area contributed by atoms with Crippen molar-refractivity contribution in [2.24, 2.45) is 17.8 Å². The Labute approximate surface area is 206 Å². The van der Waals surface area contributed by atoms with Gasteiger partial charge in [-0.15, -0.1) is 0 Å². The SMILES string of the molecule is CC1=Cc2cc(C(C)(C)C)cc(C34CC5CC(CC(C5)C35[Si](C)(C)[Si](C)(C)[Si]5(C)C)C4)c2C1. The normalized spacial score (nSPS) is 38.2. The lowest BCUT2D eigenvalue weighted by Crippen LogP contribution is -2.98. The van der Waals surface area contributed by atoms with Gasteiger partial charge in [0.1, 0.15) is 0 Å². The lowest BCUT2D eigenvalue weighted by Gasteiger charge is -2.87. The van der Waals surface area contributed by atoms with Crippen molar-refractivity contribution in [3.63, 3.8) is 0 Å². The lowest BCUT2D eigenvalue weighted by atomic mass is 9.46. The predicted octanol–water partition coefficient (Wildman–Crippen LogP) is 8.60. The van der Waals surface area contributed by atoms with E-state index in [1.165, 1.54) is 19.3 Å². The van der Waals surface area contributed by atoms with Gasteiger partial charge in [0, 0.05) is 22.3 Å². The minimum atomic E-state index is -1.35. The summed E-state index contributed by atoms with van der Waals surface area (Å²) < 4.78 is 0.733. The maximum atomic E-state index is 2.92. The largest absolute Gasteiger partial charge is 0.0731 e. The molecule has 1 saturated heterocycles. The molecule has 5 aliphatic carbocycles. The lowest BCUT2D eigenvalue weighted by molar-refractivity contribution is -0.0281. The van der Waals surface area contributed by atoms with Crippen molar-refractivity contribution in [3.8, 4) is 0 Å². The van der Waals surface area contributed by atoms with Crippen LogP contribution in [0.15, 0.2) is 17.7 Å². The molecule has 4 bridgehead atoms. The Morgan fingerprint density at radius 3 is 1.97 bits per heavy atom. The van der Waals surface area contributed by atoms with Crippen molar-refractivity contribution in [2.45, 2.75) is 121 Å². The van der Waals surface area contributed by atoms with Crippen molar-refractivity contribution in [2.75, 3.05) is 0 Å². The van der Waals surface area contributed by atoms with Gasteiger partial charge in [-0.05, 0) is 101 Å². The number of allylic oxidation sites excluding steroid dienone is 1. The first-order valence-electron chi connectivity index (χ1n) is 14.0. The van der Waals surface area contributed by atoms with E-state index in [2.05, 4.69) is 85.2 Å². The van der Waals surface area contributed by atoms with E-state index < -0.39 is 22.3 Å². The van der Waals surface area contributed by atoms with Crippen molar-refractivity contribution in [3.05, 3.63) is 40.0 Å². The molecule has 0 N–H and O–H groups in total. The highest BCUT2D eigenvalue weighted by atomic mass is 29.7. The molecule has 0 amide bonds. The van der Waals surface area contributed by atoms with Crippen LogP contribution in [0.5, 0.6) is 0 Å². The third kappa shape index (κ3) is 2.35. The van der Waals surface area contributed by atoms with Gasteiger partial charge < -0.3 is 0 Å². The summed E-state index contributed by atoms with van der Waals surface area (Å²) in [4.78, 5) is 0. The second-order valence-electron chi connectivity index (χ2n) is 15.8. The first-order valence-corrected chi connectivity index (χ1v) is 25.0.